The second kappa shape index (κ2) is 4.06. The maximum absolute atomic E-state index is 10.4. The van der Waals surface area contributed by atoms with Crippen LogP contribution in [0.5, 0.6) is 0 Å². The molecule has 1 aromatic rings. The zero-order chi connectivity index (χ0) is 9.84. The van der Waals surface area contributed by atoms with E-state index >= 15 is 0 Å². The number of carboxylic acid groups (broad SMARTS) is 1. The number of nitriles is 1. The van der Waals surface area contributed by atoms with E-state index in [0.717, 1.165) is 0 Å². The van der Waals surface area contributed by atoms with Crippen LogP contribution in [0.3, 0.4) is 0 Å². The third-order valence-electron chi connectivity index (χ3n) is 1.52. The number of aliphatic carboxylic acids is 1. The molecule has 0 amide bonds. The molecule has 0 spiro atoms. The standard InChI is InChI=1S/C9H6BrNO2/c10-8-3-6(5-11)1-2-7(8)4-9(12)13/h1-3H,4H2,(H,12,13). The summed E-state index contributed by atoms with van der Waals surface area (Å²) in [6.07, 6.45) is -0.0354. The van der Waals surface area contributed by atoms with Crippen LogP contribution >= 0.6 is 15.9 Å². The van der Waals surface area contributed by atoms with Crippen molar-refractivity contribution in [3.63, 3.8) is 0 Å². The Morgan fingerprint density at radius 2 is 2.31 bits per heavy atom. The molecule has 0 atom stereocenters. The summed E-state index contributed by atoms with van der Waals surface area (Å²) in [7, 11) is 0. The lowest BCUT2D eigenvalue weighted by Crippen LogP contribution is -2.00. The van der Waals surface area contributed by atoms with Gasteiger partial charge >= 0.3 is 5.97 Å². The van der Waals surface area contributed by atoms with Gasteiger partial charge in [0.1, 0.15) is 0 Å². The van der Waals surface area contributed by atoms with E-state index in [1.54, 1.807) is 18.2 Å². The Balaban J connectivity index is 3.00. The Morgan fingerprint density at radius 1 is 1.62 bits per heavy atom. The Kier molecular flexibility index (Phi) is 3.04. The minimum atomic E-state index is -0.884. The summed E-state index contributed by atoms with van der Waals surface area (Å²) in [5, 5.41) is 17.1. The zero-order valence-corrected chi connectivity index (χ0v) is 8.21. The predicted octanol–water partition coefficient (Wildman–Crippen LogP) is 1.95. The van der Waals surface area contributed by atoms with Gasteiger partial charge in [0, 0.05) is 4.47 Å². The number of carbonyl (C=O) groups is 1. The molecule has 0 aromatic heterocycles. The van der Waals surface area contributed by atoms with Crippen LogP contribution in [-0.4, -0.2) is 11.1 Å². The van der Waals surface area contributed by atoms with Gasteiger partial charge in [-0.3, -0.25) is 4.79 Å². The van der Waals surface area contributed by atoms with E-state index in [4.69, 9.17) is 10.4 Å². The molecule has 0 heterocycles. The summed E-state index contributed by atoms with van der Waals surface area (Å²) in [6.45, 7) is 0. The lowest BCUT2D eigenvalue weighted by molar-refractivity contribution is -0.136. The number of nitrogens with zero attached hydrogens (tertiary/aromatic N) is 1. The van der Waals surface area contributed by atoms with E-state index in [0.29, 0.717) is 15.6 Å². The summed E-state index contributed by atoms with van der Waals surface area (Å²) in [4.78, 5) is 10.4. The highest BCUT2D eigenvalue weighted by atomic mass is 79.9. The highest BCUT2D eigenvalue weighted by Gasteiger charge is 2.05. The Labute approximate surface area is 83.7 Å². The smallest absolute Gasteiger partial charge is 0.307 e. The first-order valence-corrected chi connectivity index (χ1v) is 4.33. The van der Waals surface area contributed by atoms with Gasteiger partial charge in [0.15, 0.2) is 0 Å². The van der Waals surface area contributed by atoms with Crippen molar-refractivity contribution < 1.29 is 9.90 Å². The van der Waals surface area contributed by atoms with Gasteiger partial charge < -0.3 is 5.11 Å². The number of benzene rings is 1. The number of hydrogen-bond acceptors (Lipinski definition) is 2. The monoisotopic (exact) mass is 239 g/mol. The summed E-state index contributed by atoms with van der Waals surface area (Å²) < 4.78 is 0.661. The average molecular weight is 240 g/mol. The van der Waals surface area contributed by atoms with Crippen molar-refractivity contribution in [3.05, 3.63) is 33.8 Å². The van der Waals surface area contributed by atoms with E-state index in [9.17, 15) is 4.79 Å². The zero-order valence-electron chi connectivity index (χ0n) is 6.62. The molecule has 0 saturated heterocycles. The Morgan fingerprint density at radius 3 is 2.77 bits per heavy atom. The van der Waals surface area contributed by atoms with Gasteiger partial charge in [-0.2, -0.15) is 5.26 Å². The van der Waals surface area contributed by atoms with Crippen LogP contribution in [0.2, 0.25) is 0 Å². The minimum absolute atomic E-state index is 0.0354. The second-order valence-corrected chi connectivity index (χ2v) is 3.34. The Hall–Kier alpha value is -1.34. The van der Waals surface area contributed by atoms with Crippen LogP contribution in [0, 0.1) is 11.3 Å². The first-order chi connectivity index (χ1) is 6.13. The fraction of sp³-hybridized carbons (Fsp3) is 0.111. The van der Waals surface area contributed by atoms with Gasteiger partial charge in [0.25, 0.3) is 0 Å². The molecule has 0 aliphatic carbocycles. The largest absolute Gasteiger partial charge is 0.481 e. The summed E-state index contributed by atoms with van der Waals surface area (Å²) >= 11 is 3.20. The second-order valence-electron chi connectivity index (χ2n) is 2.49. The van der Waals surface area contributed by atoms with Gasteiger partial charge in [0.2, 0.25) is 0 Å². The fourth-order valence-electron chi connectivity index (χ4n) is 0.923. The predicted molar refractivity (Wildman–Crippen MR) is 50.2 cm³/mol. The van der Waals surface area contributed by atoms with E-state index < -0.39 is 5.97 Å². The topological polar surface area (TPSA) is 61.1 Å². The number of halogens is 1. The summed E-state index contributed by atoms with van der Waals surface area (Å²) in [6, 6.07) is 6.82. The molecule has 0 saturated carbocycles. The van der Waals surface area contributed by atoms with Gasteiger partial charge in [-0.05, 0) is 17.7 Å². The number of rotatable bonds is 2. The molecule has 1 rings (SSSR count). The van der Waals surface area contributed by atoms with Crippen molar-refractivity contribution in [2.24, 2.45) is 0 Å². The first kappa shape index (κ1) is 9.75. The molecule has 13 heavy (non-hydrogen) atoms. The van der Waals surface area contributed by atoms with Crippen LogP contribution in [0.4, 0.5) is 0 Å². The SMILES string of the molecule is N#Cc1ccc(CC(=O)O)c(Br)c1. The molecule has 0 radical (unpaired) electrons. The van der Waals surface area contributed by atoms with Crippen molar-refractivity contribution in [1.29, 1.82) is 5.26 Å². The van der Waals surface area contributed by atoms with Crippen molar-refractivity contribution >= 4 is 21.9 Å². The molecule has 66 valence electrons. The quantitative estimate of drug-likeness (QED) is 0.859. The van der Waals surface area contributed by atoms with E-state index in [1.165, 1.54) is 0 Å². The first-order valence-electron chi connectivity index (χ1n) is 3.54. The van der Waals surface area contributed by atoms with Crippen molar-refractivity contribution in [1.82, 2.24) is 0 Å². The highest BCUT2D eigenvalue weighted by molar-refractivity contribution is 9.10. The van der Waals surface area contributed by atoms with Crippen LogP contribution in [-0.2, 0) is 11.2 Å². The molecule has 1 N–H and O–H groups in total. The van der Waals surface area contributed by atoms with Gasteiger partial charge in [0.05, 0.1) is 18.1 Å². The van der Waals surface area contributed by atoms with Gasteiger partial charge in [-0.25, -0.2) is 0 Å². The molecule has 0 aliphatic heterocycles. The van der Waals surface area contributed by atoms with Gasteiger partial charge in [-0.1, -0.05) is 22.0 Å². The van der Waals surface area contributed by atoms with Crippen molar-refractivity contribution in [2.75, 3.05) is 0 Å². The summed E-state index contributed by atoms with van der Waals surface area (Å²) in [5.41, 5.74) is 1.19. The minimum Gasteiger partial charge on any atom is -0.481 e. The van der Waals surface area contributed by atoms with Crippen molar-refractivity contribution in [2.45, 2.75) is 6.42 Å². The molecular formula is C9H6BrNO2. The normalized spacial score (nSPS) is 9.23. The average Bonchev–Trinajstić information content (AvgIpc) is 2.08. The lowest BCUT2D eigenvalue weighted by Gasteiger charge is -2.00. The number of hydrogen-bond donors (Lipinski definition) is 1. The maximum Gasteiger partial charge on any atom is 0.307 e. The molecular weight excluding hydrogens is 234 g/mol. The van der Waals surface area contributed by atoms with E-state index in [-0.39, 0.29) is 6.42 Å². The van der Waals surface area contributed by atoms with E-state index in [1.807, 2.05) is 6.07 Å². The van der Waals surface area contributed by atoms with Crippen LogP contribution in [0.1, 0.15) is 11.1 Å². The van der Waals surface area contributed by atoms with E-state index in [2.05, 4.69) is 15.9 Å². The molecule has 0 aliphatic rings. The fourth-order valence-corrected chi connectivity index (χ4v) is 1.44. The Bertz CT molecular complexity index is 382. The van der Waals surface area contributed by atoms with Gasteiger partial charge in [-0.15, -0.1) is 0 Å². The van der Waals surface area contributed by atoms with Crippen molar-refractivity contribution in [3.8, 4) is 6.07 Å². The highest BCUT2D eigenvalue weighted by Crippen LogP contribution is 2.18. The molecule has 0 bridgehead atoms. The molecule has 0 unspecified atom stereocenters. The van der Waals surface area contributed by atoms with Crippen LogP contribution < -0.4 is 0 Å². The summed E-state index contributed by atoms with van der Waals surface area (Å²) in [5.74, 6) is -0.884. The number of carboxylic acids is 1. The van der Waals surface area contributed by atoms with Crippen LogP contribution in [0.15, 0.2) is 22.7 Å². The lowest BCUT2D eigenvalue weighted by atomic mass is 10.1. The maximum atomic E-state index is 10.4. The van der Waals surface area contributed by atoms with Crippen LogP contribution in [0.25, 0.3) is 0 Å². The third kappa shape index (κ3) is 2.56. The molecule has 3 nitrogen and oxygen atoms in total. The third-order valence-corrected chi connectivity index (χ3v) is 2.26. The molecule has 4 heteroatoms. The molecule has 0 fully saturated rings. The molecule has 1 aromatic carbocycles.